The number of para-hydroxylation sites is 1. The summed E-state index contributed by atoms with van der Waals surface area (Å²) < 4.78 is 6.07. The number of rotatable bonds is 4. The fourth-order valence-electron chi connectivity index (χ4n) is 4.24. The van der Waals surface area contributed by atoms with Gasteiger partial charge in [-0.3, -0.25) is 9.69 Å². The highest BCUT2D eigenvalue weighted by atomic mass is 16.6. The number of ether oxygens (including phenoxy) is 1. The maximum absolute atomic E-state index is 13.0. The van der Waals surface area contributed by atoms with Crippen LogP contribution in [-0.2, 0) is 21.7 Å². The van der Waals surface area contributed by atoms with Gasteiger partial charge in [-0.05, 0) is 25.7 Å². The van der Waals surface area contributed by atoms with Crippen LogP contribution in [0.1, 0.15) is 24.0 Å². The molecule has 2 aromatic carbocycles. The summed E-state index contributed by atoms with van der Waals surface area (Å²) in [7, 11) is 3.79. The number of benzene rings is 2. The molecule has 0 aromatic heterocycles. The Kier molecular flexibility index (Phi) is 5.28. The van der Waals surface area contributed by atoms with Crippen LogP contribution in [0.5, 0.6) is 0 Å². The van der Waals surface area contributed by atoms with E-state index >= 15 is 0 Å². The first-order chi connectivity index (χ1) is 14.0. The molecule has 1 spiro atoms. The number of carbonyl (C=O) groups is 2. The normalized spacial score (nSPS) is 18.0. The van der Waals surface area contributed by atoms with Crippen LogP contribution in [-0.4, -0.2) is 55.5 Å². The number of likely N-dealkylation sites (N-methyl/N-ethyl adjacent to an activating group) is 1. The summed E-state index contributed by atoms with van der Waals surface area (Å²) in [5.74, 6) is 0.117. The van der Waals surface area contributed by atoms with Crippen LogP contribution in [0.3, 0.4) is 0 Å². The average Bonchev–Trinajstić information content (AvgIpc) is 2.72. The van der Waals surface area contributed by atoms with Crippen molar-refractivity contribution in [2.75, 3.05) is 38.6 Å². The molecule has 2 aliphatic rings. The topological polar surface area (TPSA) is 53.1 Å². The monoisotopic (exact) mass is 393 g/mol. The highest BCUT2D eigenvalue weighted by Gasteiger charge is 2.47. The van der Waals surface area contributed by atoms with Crippen LogP contribution < -0.4 is 4.90 Å². The van der Waals surface area contributed by atoms with E-state index in [9.17, 15) is 9.59 Å². The van der Waals surface area contributed by atoms with Crippen molar-refractivity contribution in [3.05, 3.63) is 65.7 Å². The number of carbonyl (C=O) groups excluding carboxylic acids is 2. The van der Waals surface area contributed by atoms with Crippen LogP contribution in [0.15, 0.2) is 54.6 Å². The zero-order valence-corrected chi connectivity index (χ0v) is 17.0. The van der Waals surface area contributed by atoms with Crippen molar-refractivity contribution in [2.24, 2.45) is 0 Å². The molecule has 0 radical (unpaired) electrons. The largest absolute Gasteiger partial charge is 0.437 e. The second-order valence-corrected chi connectivity index (χ2v) is 8.07. The minimum absolute atomic E-state index is 0.117. The van der Waals surface area contributed by atoms with Gasteiger partial charge < -0.3 is 14.5 Å². The molecule has 2 heterocycles. The highest BCUT2D eigenvalue weighted by Crippen LogP contribution is 2.45. The summed E-state index contributed by atoms with van der Waals surface area (Å²) in [5, 5.41) is 0. The predicted octanol–water partition coefficient (Wildman–Crippen LogP) is 3.22. The molecule has 0 saturated carbocycles. The zero-order valence-electron chi connectivity index (χ0n) is 17.0. The minimum atomic E-state index is -0.657. The number of anilines is 1. The Labute approximate surface area is 171 Å². The van der Waals surface area contributed by atoms with Gasteiger partial charge in [0, 0.05) is 31.5 Å². The van der Waals surface area contributed by atoms with Crippen LogP contribution in [0.2, 0.25) is 0 Å². The minimum Gasteiger partial charge on any atom is -0.437 e. The lowest BCUT2D eigenvalue weighted by Crippen LogP contribution is -2.53. The van der Waals surface area contributed by atoms with Gasteiger partial charge >= 0.3 is 6.09 Å². The quantitative estimate of drug-likeness (QED) is 0.800. The van der Waals surface area contributed by atoms with Gasteiger partial charge in [0.15, 0.2) is 0 Å². The molecule has 1 saturated heterocycles. The van der Waals surface area contributed by atoms with E-state index in [2.05, 4.69) is 6.07 Å². The fraction of sp³-hybridized carbons (Fsp3) is 0.391. The molecule has 1 fully saturated rings. The molecule has 0 atom stereocenters. The smallest absolute Gasteiger partial charge is 0.415 e. The molecule has 0 aliphatic carbocycles. The summed E-state index contributed by atoms with van der Waals surface area (Å²) in [6.45, 7) is 2.05. The van der Waals surface area contributed by atoms with Crippen LogP contribution in [0, 0.1) is 0 Å². The third kappa shape index (κ3) is 3.85. The second-order valence-electron chi connectivity index (χ2n) is 8.07. The molecule has 152 valence electrons. The van der Waals surface area contributed by atoms with Crippen molar-refractivity contribution in [3.8, 4) is 0 Å². The molecular formula is C23H27N3O3. The lowest BCUT2D eigenvalue weighted by Gasteiger charge is -2.46. The van der Waals surface area contributed by atoms with Gasteiger partial charge in [0.25, 0.3) is 0 Å². The van der Waals surface area contributed by atoms with Crippen molar-refractivity contribution in [3.63, 3.8) is 0 Å². The van der Waals surface area contributed by atoms with E-state index < -0.39 is 5.60 Å². The first kappa shape index (κ1) is 19.5. The Morgan fingerprint density at radius 3 is 2.38 bits per heavy atom. The average molecular weight is 393 g/mol. The Morgan fingerprint density at radius 1 is 1.03 bits per heavy atom. The molecular weight excluding hydrogens is 366 g/mol. The molecule has 0 N–H and O–H groups in total. The van der Waals surface area contributed by atoms with Gasteiger partial charge in [-0.2, -0.15) is 0 Å². The maximum Gasteiger partial charge on any atom is 0.415 e. The zero-order chi connectivity index (χ0) is 20.4. The van der Waals surface area contributed by atoms with Crippen LogP contribution >= 0.6 is 0 Å². The molecule has 2 aliphatic heterocycles. The van der Waals surface area contributed by atoms with Gasteiger partial charge in [-0.15, -0.1) is 0 Å². The predicted molar refractivity (Wildman–Crippen MR) is 112 cm³/mol. The van der Waals surface area contributed by atoms with E-state index in [4.69, 9.17) is 4.74 Å². The molecule has 6 nitrogen and oxygen atoms in total. The molecule has 0 bridgehead atoms. The van der Waals surface area contributed by atoms with Crippen molar-refractivity contribution in [1.29, 1.82) is 0 Å². The number of piperidine rings is 1. The van der Waals surface area contributed by atoms with Gasteiger partial charge in [0.05, 0.1) is 18.8 Å². The summed E-state index contributed by atoms with van der Waals surface area (Å²) >= 11 is 0. The molecule has 29 heavy (non-hydrogen) atoms. The van der Waals surface area contributed by atoms with Crippen LogP contribution in [0.4, 0.5) is 10.5 Å². The number of amides is 2. The SMILES string of the molecule is CN(C)CC(=O)N1CCC2(CC1)OC(=O)N(Cc1ccccc1)c1ccccc12. The first-order valence-corrected chi connectivity index (χ1v) is 10.0. The number of likely N-dealkylation sites (tertiary alicyclic amines) is 1. The number of hydrogen-bond donors (Lipinski definition) is 0. The van der Waals surface area contributed by atoms with E-state index in [1.165, 1.54) is 0 Å². The van der Waals surface area contributed by atoms with Gasteiger partial charge in [0.1, 0.15) is 5.60 Å². The van der Waals surface area contributed by atoms with Crippen molar-refractivity contribution in [1.82, 2.24) is 9.80 Å². The number of fused-ring (bicyclic) bond motifs is 2. The summed E-state index contributed by atoms with van der Waals surface area (Å²) in [4.78, 5) is 30.9. The summed E-state index contributed by atoms with van der Waals surface area (Å²) in [5.41, 5.74) is 2.34. The molecule has 6 heteroatoms. The van der Waals surface area contributed by atoms with Crippen molar-refractivity contribution >= 4 is 17.7 Å². The Bertz CT molecular complexity index is 889. The number of hydrogen-bond acceptors (Lipinski definition) is 4. The third-order valence-corrected chi connectivity index (χ3v) is 5.75. The van der Waals surface area contributed by atoms with E-state index in [1.54, 1.807) is 4.90 Å². The van der Waals surface area contributed by atoms with E-state index in [0.717, 1.165) is 16.8 Å². The van der Waals surface area contributed by atoms with Gasteiger partial charge in [-0.1, -0.05) is 48.5 Å². The van der Waals surface area contributed by atoms with E-state index in [-0.39, 0.29) is 12.0 Å². The first-order valence-electron chi connectivity index (χ1n) is 10.0. The third-order valence-electron chi connectivity index (χ3n) is 5.75. The summed E-state index contributed by atoms with van der Waals surface area (Å²) in [6.07, 6.45) is 0.919. The Hall–Kier alpha value is -2.86. The highest BCUT2D eigenvalue weighted by molar-refractivity contribution is 5.91. The fourth-order valence-corrected chi connectivity index (χ4v) is 4.24. The lowest BCUT2D eigenvalue weighted by molar-refractivity contribution is -0.136. The molecule has 2 amide bonds. The standard InChI is InChI=1S/C23H27N3O3/c1-24(2)17-21(27)25-14-12-23(13-15-25)19-10-6-7-11-20(19)26(22(28)29-23)16-18-8-4-3-5-9-18/h3-11H,12-17H2,1-2H3. The summed E-state index contributed by atoms with van der Waals surface area (Å²) in [6, 6.07) is 17.9. The van der Waals surface area contributed by atoms with E-state index in [0.29, 0.717) is 39.0 Å². The van der Waals surface area contributed by atoms with E-state index in [1.807, 2.05) is 72.4 Å². The lowest BCUT2D eigenvalue weighted by atomic mass is 9.82. The number of nitrogens with zero attached hydrogens (tertiary/aromatic N) is 3. The van der Waals surface area contributed by atoms with Crippen molar-refractivity contribution < 1.29 is 14.3 Å². The Balaban J connectivity index is 1.58. The van der Waals surface area contributed by atoms with Gasteiger partial charge in [-0.25, -0.2) is 4.79 Å². The van der Waals surface area contributed by atoms with Gasteiger partial charge in [0.2, 0.25) is 5.91 Å². The molecule has 0 unspecified atom stereocenters. The molecule has 2 aromatic rings. The molecule has 4 rings (SSSR count). The second kappa shape index (κ2) is 7.87. The Morgan fingerprint density at radius 2 is 1.69 bits per heavy atom. The maximum atomic E-state index is 13.0. The van der Waals surface area contributed by atoms with Crippen LogP contribution in [0.25, 0.3) is 0 Å². The van der Waals surface area contributed by atoms with Crippen molar-refractivity contribution in [2.45, 2.75) is 25.0 Å².